The fraction of sp³-hybridized carbons (Fsp3) is 0.0476. The molecular weight excluding hydrogens is 408 g/mol. The molecule has 8 heteroatoms. The third-order valence-corrected chi connectivity index (χ3v) is 5.46. The molecule has 4 rings (SSSR count). The lowest BCUT2D eigenvalue weighted by Crippen LogP contribution is -2.28. The molecule has 0 unspecified atom stereocenters. The van der Waals surface area contributed by atoms with Crippen LogP contribution < -0.4 is 4.18 Å². The number of hydrogen-bond acceptors (Lipinski definition) is 3. The molecule has 4 aromatic rings. The summed E-state index contributed by atoms with van der Waals surface area (Å²) in [5, 5.41) is 2.88. The second-order valence-electron chi connectivity index (χ2n) is 6.29. The van der Waals surface area contributed by atoms with Gasteiger partial charge in [-0.25, -0.2) is 4.39 Å². The van der Waals surface area contributed by atoms with Gasteiger partial charge in [-0.1, -0.05) is 54.6 Å². The average molecular weight is 420 g/mol. The summed E-state index contributed by atoms with van der Waals surface area (Å²) in [5.74, 6) is -1.64. The molecule has 0 bridgehead atoms. The minimum atomic E-state index is -5.96. The van der Waals surface area contributed by atoms with Crippen molar-refractivity contribution >= 4 is 31.7 Å². The topological polar surface area (TPSA) is 43.4 Å². The van der Waals surface area contributed by atoms with Gasteiger partial charge in [0.2, 0.25) is 0 Å². The van der Waals surface area contributed by atoms with E-state index >= 15 is 0 Å². The number of rotatable bonds is 3. The summed E-state index contributed by atoms with van der Waals surface area (Å²) >= 11 is 0. The van der Waals surface area contributed by atoms with Crippen LogP contribution in [0.4, 0.5) is 17.6 Å². The minimum absolute atomic E-state index is 0.227. The van der Waals surface area contributed by atoms with Crippen LogP contribution in [0, 0.1) is 5.82 Å². The molecule has 0 fully saturated rings. The van der Waals surface area contributed by atoms with Crippen LogP contribution >= 0.6 is 0 Å². The Bertz CT molecular complexity index is 1350. The Labute approximate surface area is 163 Å². The van der Waals surface area contributed by atoms with Crippen molar-refractivity contribution in [1.82, 2.24) is 0 Å². The van der Waals surface area contributed by atoms with E-state index in [-0.39, 0.29) is 11.1 Å². The van der Waals surface area contributed by atoms with Crippen molar-refractivity contribution < 1.29 is 30.2 Å². The number of benzene rings is 4. The number of hydrogen-bond donors (Lipinski definition) is 0. The highest BCUT2D eigenvalue weighted by molar-refractivity contribution is 7.88. The fourth-order valence-corrected chi connectivity index (χ4v) is 3.73. The molecule has 0 amide bonds. The monoisotopic (exact) mass is 420 g/mol. The molecule has 0 heterocycles. The van der Waals surface area contributed by atoms with Crippen LogP contribution in [0.25, 0.3) is 32.7 Å². The Hall–Kier alpha value is -3.13. The number of halogens is 4. The second-order valence-corrected chi connectivity index (χ2v) is 7.82. The van der Waals surface area contributed by atoms with Crippen LogP contribution in [-0.2, 0) is 10.1 Å². The van der Waals surface area contributed by atoms with Crippen LogP contribution in [0.15, 0.2) is 72.8 Å². The normalized spacial score (nSPS) is 12.4. The van der Waals surface area contributed by atoms with Gasteiger partial charge in [0.05, 0.1) is 5.56 Å². The summed E-state index contributed by atoms with van der Waals surface area (Å²) in [7, 11) is -5.96. The lowest BCUT2D eigenvalue weighted by atomic mass is 9.92. The van der Waals surface area contributed by atoms with Crippen molar-refractivity contribution in [3.05, 3.63) is 78.6 Å². The van der Waals surface area contributed by atoms with Gasteiger partial charge in [0.15, 0.2) is 5.75 Å². The zero-order chi connectivity index (χ0) is 20.8. The van der Waals surface area contributed by atoms with Gasteiger partial charge in [-0.2, -0.15) is 21.6 Å². The molecule has 0 saturated heterocycles. The highest BCUT2D eigenvalue weighted by Crippen LogP contribution is 2.41. The maximum atomic E-state index is 14.8. The number of fused-ring (bicyclic) bond motifs is 3. The van der Waals surface area contributed by atoms with Crippen molar-refractivity contribution in [2.75, 3.05) is 0 Å². The maximum Gasteiger partial charge on any atom is 0.534 e. The Morgan fingerprint density at radius 3 is 2.07 bits per heavy atom. The van der Waals surface area contributed by atoms with Gasteiger partial charge in [0.25, 0.3) is 0 Å². The molecule has 0 saturated carbocycles. The Kier molecular flexibility index (Phi) is 4.46. The molecule has 3 nitrogen and oxygen atoms in total. The lowest BCUT2D eigenvalue weighted by Gasteiger charge is -2.16. The first-order valence-corrected chi connectivity index (χ1v) is 9.80. The Morgan fingerprint density at radius 2 is 1.38 bits per heavy atom. The molecule has 0 aliphatic heterocycles. The van der Waals surface area contributed by atoms with E-state index in [4.69, 9.17) is 0 Å². The predicted octanol–water partition coefficient (Wildman–Crippen LogP) is 6.03. The first-order valence-electron chi connectivity index (χ1n) is 8.39. The molecule has 0 aliphatic rings. The van der Waals surface area contributed by atoms with E-state index in [9.17, 15) is 26.0 Å². The quantitative estimate of drug-likeness (QED) is 0.176. The molecule has 0 aliphatic carbocycles. The molecule has 0 atom stereocenters. The van der Waals surface area contributed by atoms with Gasteiger partial charge in [-0.3, -0.25) is 0 Å². The SMILES string of the molecule is O=S(=O)(Oc1cccc(F)c1-c1cc2ccccc2c2ccccc12)C(F)(F)F. The van der Waals surface area contributed by atoms with Gasteiger partial charge in [0, 0.05) is 0 Å². The van der Waals surface area contributed by atoms with E-state index < -0.39 is 27.2 Å². The zero-order valence-corrected chi connectivity index (χ0v) is 15.4. The highest BCUT2D eigenvalue weighted by atomic mass is 32.2. The predicted molar refractivity (Wildman–Crippen MR) is 102 cm³/mol. The smallest absolute Gasteiger partial charge is 0.375 e. The van der Waals surface area contributed by atoms with Gasteiger partial charge in [-0.05, 0) is 45.3 Å². The standard InChI is InChI=1S/C21H12F4O3S/c22-18-10-5-11-19(28-29(26,27)21(23,24)25)20(18)17-12-13-6-1-2-7-14(13)15-8-3-4-9-16(15)17/h1-12H. The highest BCUT2D eigenvalue weighted by Gasteiger charge is 2.49. The minimum Gasteiger partial charge on any atom is -0.375 e. The summed E-state index contributed by atoms with van der Waals surface area (Å²) in [6.07, 6.45) is 0. The first-order chi connectivity index (χ1) is 13.7. The molecule has 4 aromatic carbocycles. The molecular formula is C21H12F4O3S. The zero-order valence-electron chi connectivity index (χ0n) is 14.6. The van der Waals surface area contributed by atoms with E-state index in [1.54, 1.807) is 42.5 Å². The van der Waals surface area contributed by atoms with Crippen molar-refractivity contribution in [2.45, 2.75) is 5.51 Å². The lowest BCUT2D eigenvalue weighted by molar-refractivity contribution is -0.0499. The molecule has 0 spiro atoms. The first kappa shape index (κ1) is 19.2. The molecule has 0 radical (unpaired) electrons. The Morgan fingerprint density at radius 1 is 0.759 bits per heavy atom. The van der Waals surface area contributed by atoms with Crippen molar-refractivity contribution in [1.29, 1.82) is 0 Å². The largest absolute Gasteiger partial charge is 0.534 e. The summed E-state index contributed by atoms with van der Waals surface area (Å²) in [5.41, 5.74) is -5.77. The van der Waals surface area contributed by atoms with Crippen LogP contribution in [0.3, 0.4) is 0 Å². The van der Waals surface area contributed by atoms with Crippen LogP contribution in [0.2, 0.25) is 0 Å². The van der Waals surface area contributed by atoms with E-state index in [0.29, 0.717) is 10.8 Å². The van der Waals surface area contributed by atoms with Crippen LogP contribution in [-0.4, -0.2) is 13.9 Å². The second kappa shape index (κ2) is 6.73. The van der Waals surface area contributed by atoms with Crippen molar-refractivity contribution in [3.63, 3.8) is 0 Å². The molecule has 148 valence electrons. The summed E-state index contributed by atoms with van der Waals surface area (Å²) in [6.45, 7) is 0. The van der Waals surface area contributed by atoms with Gasteiger partial charge in [0.1, 0.15) is 5.82 Å². The molecule has 0 N–H and O–H groups in total. The third-order valence-electron chi connectivity index (χ3n) is 4.50. The maximum absolute atomic E-state index is 14.8. The number of alkyl halides is 3. The summed E-state index contributed by atoms with van der Waals surface area (Å²) in [4.78, 5) is 0. The molecule has 29 heavy (non-hydrogen) atoms. The summed E-state index contributed by atoms with van der Waals surface area (Å²) in [6, 6.07) is 18.9. The van der Waals surface area contributed by atoms with Gasteiger partial charge < -0.3 is 4.18 Å². The molecule has 0 aromatic heterocycles. The van der Waals surface area contributed by atoms with E-state index in [1.165, 1.54) is 0 Å². The van der Waals surface area contributed by atoms with E-state index in [1.807, 2.05) is 12.1 Å². The fourth-order valence-electron chi connectivity index (χ4n) is 3.26. The Balaban J connectivity index is 2.04. The van der Waals surface area contributed by atoms with Gasteiger partial charge in [-0.15, -0.1) is 0 Å². The van der Waals surface area contributed by atoms with Crippen LogP contribution in [0.1, 0.15) is 0 Å². The summed E-state index contributed by atoms with van der Waals surface area (Å²) < 4.78 is 80.6. The van der Waals surface area contributed by atoms with E-state index in [2.05, 4.69) is 4.18 Å². The average Bonchev–Trinajstić information content (AvgIpc) is 2.67. The van der Waals surface area contributed by atoms with Crippen LogP contribution in [0.5, 0.6) is 5.75 Å². The van der Waals surface area contributed by atoms with E-state index in [0.717, 1.165) is 29.0 Å². The third kappa shape index (κ3) is 3.29. The van der Waals surface area contributed by atoms with Crippen molar-refractivity contribution in [3.8, 4) is 16.9 Å². The van der Waals surface area contributed by atoms with Gasteiger partial charge >= 0.3 is 15.6 Å². The van der Waals surface area contributed by atoms with Crippen molar-refractivity contribution in [2.24, 2.45) is 0 Å².